The number of non-ortho nitro benzene ring substituents is 1. The first kappa shape index (κ1) is 23.1. The predicted octanol–water partition coefficient (Wildman–Crippen LogP) is 3.27. The molecule has 3 aromatic rings. The zero-order chi connectivity index (χ0) is 23.1. The molecule has 1 heterocycles. The average Bonchev–Trinajstić information content (AvgIpc) is 2.75. The Hall–Kier alpha value is -3.57. The molecule has 0 aliphatic rings. The van der Waals surface area contributed by atoms with Gasteiger partial charge in [0.15, 0.2) is 0 Å². The Bertz CT molecular complexity index is 1230. The van der Waals surface area contributed by atoms with E-state index in [1.165, 1.54) is 37.3 Å². The number of nitrogens with one attached hydrogen (secondary N) is 3. The van der Waals surface area contributed by atoms with Gasteiger partial charge in [0.25, 0.3) is 5.69 Å². The number of aromatic nitrogens is 1. The van der Waals surface area contributed by atoms with E-state index in [1.807, 2.05) is 0 Å². The van der Waals surface area contributed by atoms with E-state index in [0.29, 0.717) is 41.7 Å². The second-order valence-corrected chi connectivity index (χ2v) is 8.79. The number of anilines is 2. The third-order valence-electron chi connectivity index (χ3n) is 4.64. The van der Waals surface area contributed by atoms with Gasteiger partial charge in [-0.15, -0.1) is 0 Å². The number of carbonyl (C=O) groups is 1. The van der Waals surface area contributed by atoms with Crippen molar-refractivity contribution in [1.82, 2.24) is 9.71 Å². The summed E-state index contributed by atoms with van der Waals surface area (Å²) in [6.07, 6.45) is 2.85. The molecule has 0 radical (unpaired) electrons. The van der Waals surface area contributed by atoms with Crippen LogP contribution in [0, 0.1) is 10.1 Å². The maximum Gasteiger partial charge on any atom is 0.278 e. The average molecular weight is 458 g/mol. The van der Waals surface area contributed by atoms with Crippen molar-refractivity contribution in [2.24, 2.45) is 0 Å². The van der Waals surface area contributed by atoms with Gasteiger partial charge in [-0.1, -0.05) is 0 Å². The van der Waals surface area contributed by atoms with Gasteiger partial charge in [0, 0.05) is 38.0 Å². The first-order valence-corrected chi connectivity index (χ1v) is 11.4. The quantitative estimate of drug-likeness (QED) is 0.241. The Labute approximate surface area is 185 Å². The van der Waals surface area contributed by atoms with E-state index in [-0.39, 0.29) is 23.0 Å². The van der Waals surface area contributed by atoms with Gasteiger partial charge >= 0.3 is 0 Å². The molecule has 1 aromatic heterocycles. The van der Waals surface area contributed by atoms with E-state index in [4.69, 9.17) is 0 Å². The summed E-state index contributed by atoms with van der Waals surface area (Å²) in [5.41, 5.74) is 1.73. The lowest BCUT2D eigenvalue weighted by molar-refractivity contribution is -0.383. The van der Waals surface area contributed by atoms with Crippen LogP contribution in [-0.2, 0) is 14.8 Å². The standard InChI is InChI=1S/C21H23N5O5S/c1-15(27)25-16-6-8-17(9-7-16)32(30,31)24-14-3-2-12-22-19-10-11-20(26(28)29)18-5-4-13-23-21(18)19/h4-11,13,22,24H,2-3,12,14H2,1H3,(H,25,27). The number of hydrogen-bond donors (Lipinski definition) is 3. The SMILES string of the molecule is CC(=O)Nc1ccc(S(=O)(=O)NCCCCNc2ccc([N+](=O)[O-])c3cccnc23)cc1. The van der Waals surface area contributed by atoms with Crippen molar-refractivity contribution >= 4 is 43.9 Å². The fourth-order valence-electron chi connectivity index (χ4n) is 3.14. The van der Waals surface area contributed by atoms with E-state index in [0.717, 1.165) is 0 Å². The number of sulfonamides is 1. The van der Waals surface area contributed by atoms with Crippen LogP contribution in [0.2, 0.25) is 0 Å². The van der Waals surface area contributed by atoms with Crippen molar-refractivity contribution in [3.8, 4) is 0 Å². The van der Waals surface area contributed by atoms with Gasteiger partial charge in [-0.3, -0.25) is 19.9 Å². The summed E-state index contributed by atoms with van der Waals surface area (Å²) in [4.78, 5) is 26.2. The summed E-state index contributed by atoms with van der Waals surface area (Å²) in [7, 11) is -3.64. The molecule has 0 saturated heterocycles. The molecule has 0 saturated carbocycles. The van der Waals surface area contributed by atoms with Crippen LogP contribution < -0.4 is 15.4 Å². The maximum absolute atomic E-state index is 12.4. The summed E-state index contributed by atoms with van der Waals surface area (Å²) in [5, 5.41) is 17.4. The Morgan fingerprint density at radius 2 is 1.78 bits per heavy atom. The molecule has 10 nitrogen and oxygen atoms in total. The molecule has 3 rings (SSSR count). The molecule has 0 bridgehead atoms. The highest BCUT2D eigenvalue weighted by Crippen LogP contribution is 2.29. The van der Waals surface area contributed by atoms with E-state index in [2.05, 4.69) is 20.3 Å². The summed E-state index contributed by atoms with van der Waals surface area (Å²) < 4.78 is 27.3. The van der Waals surface area contributed by atoms with Gasteiger partial charge in [0.05, 0.1) is 20.9 Å². The molecule has 1 amide bonds. The minimum Gasteiger partial charge on any atom is -0.383 e. The van der Waals surface area contributed by atoms with Crippen LogP contribution in [0.5, 0.6) is 0 Å². The highest BCUT2D eigenvalue weighted by Gasteiger charge is 2.15. The maximum atomic E-state index is 12.4. The van der Waals surface area contributed by atoms with Crippen molar-refractivity contribution in [1.29, 1.82) is 0 Å². The third kappa shape index (κ3) is 5.77. The molecule has 11 heteroatoms. The van der Waals surface area contributed by atoms with Gasteiger partial charge in [-0.25, -0.2) is 13.1 Å². The third-order valence-corrected chi connectivity index (χ3v) is 6.12. The van der Waals surface area contributed by atoms with Crippen LogP contribution in [-0.4, -0.2) is 37.3 Å². The summed E-state index contributed by atoms with van der Waals surface area (Å²) in [6.45, 7) is 2.19. The molecule has 0 atom stereocenters. The number of nitro benzene ring substituents is 1. The lowest BCUT2D eigenvalue weighted by Gasteiger charge is -2.10. The summed E-state index contributed by atoms with van der Waals surface area (Å²) >= 11 is 0. The zero-order valence-corrected chi connectivity index (χ0v) is 18.2. The van der Waals surface area contributed by atoms with Crippen molar-refractivity contribution in [3.63, 3.8) is 0 Å². The number of nitrogens with zero attached hydrogens (tertiary/aromatic N) is 2. The highest BCUT2D eigenvalue weighted by molar-refractivity contribution is 7.89. The van der Waals surface area contributed by atoms with Crippen molar-refractivity contribution in [2.45, 2.75) is 24.7 Å². The molecule has 3 N–H and O–H groups in total. The lowest BCUT2D eigenvalue weighted by atomic mass is 10.1. The highest BCUT2D eigenvalue weighted by atomic mass is 32.2. The Morgan fingerprint density at radius 1 is 1.06 bits per heavy atom. The van der Waals surface area contributed by atoms with Crippen LogP contribution in [0.4, 0.5) is 17.1 Å². The molecule has 0 spiro atoms. The van der Waals surface area contributed by atoms with Crippen LogP contribution in [0.25, 0.3) is 10.9 Å². The number of hydrogen-bond acceptors (Lipinski definition) is 7. The van der Waals surface area contributed by atoms with Gasteiger partial charge < -0.3 is 10.6 Å². The van der Waals surface area contributed by atoms with E-state index in [9.17, 15) is 23.3 Å². The number of pyridine rings is 1. The van der Waals surface area contributed by atoms with E-state index < -0.39 is 14.9 Å². The molecular weight excluding hydrogens is 434 g/mol. The molecule has 2 aromatic carbocycles. The molecule has 0 aliphatic carbocycles. The van der Waals surface area contributed by atoms with Crippen LogP contribution in [0.15, 0.2) is 59.6 Å². The first-order valence-electron chi connectivity index (χ1n) is 9.91. The first-order chi connectivity index (χ1) is 15.3. The van der Waals surface area contributed by atoms with Crippen molar-refractivity contribution < 1.29 is 18.1 Å². The number of unbranched alkanes of at least 4 members (excludes halogenated alkanes) is 1. The van der Waals surface area contributed by atoms with Crippen molar-refractivity contribution in [3.05, 3.63) is 64.8 Å². The normalized spacial score (nSPS) is 11.3. The van der Waals surface area contributed by atoms with Gasteiger partial charge in [-0.2, -0.15) is 0 Å². The fourth-order valence-corrected chi connectivity index (χ4v) is 4.22. The van der Waals surface area contributed by atoms with Crippen LogP contribution in [0.1, 0.15) is 19.8 Å². The fraction of sp³-hybridized carbons (Fsp3) is 0.238. The van der Waals surface area contributed by atoms with E-state index >= 15 is 0 Å². The number of benzene rings is 2. The number of fused-ring (bicyclic) bond motifs is 1. The summed E-state index contributed by atoms with van der Waals surface area (Å²) in [5.74, 6) is -0.232. The second-order valence-electron chi connectivity index (χ2n) is 7.03. The molecule has 0 aliphatic heterocycles. The summed E-state index contributed by atoms with van der Waals surface area (Å²) in [6, 6.07) is 12.3. The molecule has 32 heavy (non-hydrogen) atoms. The molecule has 0 fully saturated rings. The minimum absolute atomic E-state index is 0.00170. The van der Waals surface area contributed by atoms with E-state index in [1.54, 1.807) is 24.4 Å². The lowest BCUT2D eigenvalue weighted by Crippen LogP contribution is -2.25. The number of rotatable bonds is 10. The topological polar surface area (TPSA) is 143 Å². The number of amides is 1. The molecule has 0 unspecified atom stereocenters. The largest absolute Gasteiger partial charge is 0.383 e. The number of carbonyl (C=O) groups excluding carboxylic acids is 1. The van der Waals surface area contributed by atoms with Crippen LogP contribution in [0.3, 0.4) is 0 Å². The number of nitro groups is 1. The smallest absolute Gasteiger partial charge is 0.278 e. The minimum atomic E-state index is -3.64. The predicted molar refractivity (Wildman–Crippen MR) is 122 cm³/mol. The van der Waals surface area contributed by atoms with Gasteiger partial charge in [0.1, 0.15) is 5.52 Å². The molecule has 168 valence electrons. The zero-order valence-electron chi connectivity index (χ0n) is 17.4. The monoisotopic (exact) mass is 457 g/mol. The second kappa shape index (κ2) is 10.2. The Kier molecular flexibility index (Phi) is 7.33. The Balaban J connectivity index is 1.49. The van der Waals surface area contributed by atoms with Crippen LogP contribution >= 0.6 is 0 Å². The van der Waals surface area contributed by atoms with Gasteiger partial charge in [0.2, 0.25) is 15.9 Å². The molecular formula is C21H23N5O5S. The van der Waals surface area contributed by atoms with Crippen molar-refractivity contribution in [2.75, 3.05) is 23.7 Å². The van der Waals surface area contributed by atoms with Gasteiger partial charge in [-0.05, 0) is 55.3 Å². The Morgan fingerprint density at radius 3 is 2.47 bits per heavy atom.